The summed E-state index contributed by atoms with van der Waals surface area (Å²) in [4.78, 5) is 5.13. The topological polar surface area (TPSA) is 18.5 Å². The van der Waals surface area contributed by atoms with Crippen LogP contribution in [0.1, 0.15) is 32.1 Å². The number of fused-ring (bicyclic) bond motifs is 1. The molecule has 0 aromatic carbocycles. The standard InChI is InChI=1S/C16H26ClN3/c1-12(19-10-16(11-19)8-18-9-16)20-6-2-3-13-7-14(17)4-5-15(13)20/h13-15,18H,1-11H2. The van der Waals surface area contributed by atoms with Crippen molar-refractivity contribution in [3.05, 3.63) is 12.4 Å². The SMILES string of the molecule is C=C(N1CC2(CNC2)C1)N1CCCC2CC(Cl)CCC21. The van der Waals surface area contributed by atoms with E-state index in [-0.39, 0.29) is 0 Å². The fourth-order valence-corrected chi connectivity index (χ4v) is 5.11. The van der Waals surface area contributed by atoms with Crippen molar-refractivity contribution in [1.82, 2.24) is 15.1 Å². The highest BCUT2D eigenvalue weighted by atomic mass is 35.5. The van der Waals surface area contributed by atoms with Gasteiger partial charge in [0.25, 0.3) is 0 Å². The van der Waals surface area contributed by atoms with Crippen LogP contribution in [0.25, 0.3) is 0 Å². The highest BCUT2D eigenvalue weighted by Crippen LogP contribution is 2.42. The molecular formula is C16H26ClN3. The van der Waals surface area contributed by atoms with Crippen LogP contribution >= 0.6 is 11.6 Å². The molecule has 20 heavy (non-hydrogen) atoms. The number of piperidine rings is 1. The van der Waals surface area contributed by atoms with Crippen molar-refractivity contribution in [3.63, 3.8) is 0 Å². The molecule has 1 saturated carbocycles. The van der Waals surface area contributed by atoms with Crippen molar-refractivity contribution in [2.45, 2.75) is 43.5 Å². The molecule has 3 aliphatic heterocycles. The average Bonchev–Trinajstić information content (AvgIpc) is 2.34. The molecule has 0 amide bonds. The molecule has 3 nitrogen and oxygen atoms in total. The first-order chi connectivity index (χ1) is 9.67. The molecule has 1 spiro atoms. The minimum atomic E-state index is 0.415. The molecule has 0 aromatic rings. The minimum Gasteiger partial charge on any atom is -0.357 e. The Kier molecular flexibility index (Phi) is 3.19. The van der Waals surface area contributed by atoms with Crippen LogP contribution in [-0.4, -0.2) is 53.9 Å². The molecule has 4 fully saturated rings. The van der Waals surface area contributed by atoms with E-state index < -0.39 is 0 Å². The van der Waals surface area contributed by atoms with Gasteiger partial charge in [0.15, 0.2) is 0 Å². The van der Waals surface area contributed by atoms with Gasteiger partial charge in [-0.2, -0.15) is 0 Å². The van der Waals surface area contributed by atoms with Crippen LogP contribution in [0.4, 0.5) is 0 Å². The molecular weight excluding hydrogens is 270 g/mol. The Hall–Kier alpha value is -0.410. The van der Waals surface area contributed by atoms with Gasteiger partial charge in [-0.1, -0.05) is 6.58 Å². The van der Waals surface area contributed by atoms with Crippen LogP contribution in [0.5, 0.6) is 0 Å². The smallest absolute Gasteiger partial charge is 0.0968 e. The molecule has 0 radical (unpaired) electrons. The van der Waals surface area contributed by atoms with Gasteiger partial charge < -0.3 is 15.1 Å². The third kappa shape index (κ3) is 2.05. The van der Waals surface area contributed by atoms with E-state index in [2.05, 4.69) is 21.7 Å². The summed E-state index contributed by atoms with van der Waals surface area (Å²) in [6.07, 6.45) is 6.33. The second kappa shape index (κ2) is 4.81. The number of halogens is 1. The van der Waals surface area contributed by atoms with Crippen LogP contribution in [0, 0.1) is 11.3 Å². The zero-order valence-corrected chi connectivity index (χ0v) is 13.0. The van der Waals surface area contributed by atoms with Crippen molar-refractivity contribution >= 4 is 11.6 Å². The summed E-state index contributed by atoms with van der Waals surface area (Å²) in [6, 6.07) is 0.710. The number of rotatable bonds is 2. The number of likely N-dealkylation sites (tertiary alicyclic amines) is 2. The fraction of sp³-hybridized carbons (Fsp3) is 0.875. The Bertz CT molecular complexity index is 399. The number of hydrogen-bond donors (Lipinski definition) is 1. The van der Waals surface area contributed by atoms with Gasteiger partial charge in [-0.3, -0.25) is 0 Å². The maximum absolute atomic E-state index is 6.37. The van der Waals surface area contributed by atoms with Gasteiger partial charge in [-0.05, 0) is 38.0 Å². The van der Waals surface area contributed by atoms with Gasteiger partial charge in [-0.25, -0.2) is 0 Å². The lowest BCUT2D eigenvalue weighted by atomic mass is 9.74. The molecule has 1 aliphatic carbocycles. The molecule has 0 aromatic heterocycles. The van der Waals surface area contributed by atoms with Gasteiger partial charge >= 0.3 is 0 Å². The maximum Gasteiger partial charge on any atom is 0.0968 e. The summed E-state index contributed by atoms with van der Waals surface area (Å²) in [5, 5.41) is 3.82. The molecule has 0 bridgehead atoms. The van der Waals surface area contributed by atoms with Gasteiger partial charge in [0, 0.05) is 49.6 Å². The Morgan fingerprint density at radius 1 is 1.20 bits per heavy atom. The zero-order chi connectivity index (χ0) is 13.7. The highest BCUT2D eigenvalue weighted by molar-refractivity contribution is 6.20. The first-order valence-electron chi connectivity index (χ1n) is 8.22. The summed E-state index contributed by atoms with van der Waals surface area (Å²) >= 11 is 6.37. The van der Waals surface area contributed by atoms with Gasteiger partial charge in [-0.15, -0.1) is 11.6 Å². The predicted molar refractivity (Wildman–Crippen MR) is 82.7 cm³/mol. The highest BCUT2D eigenvalue weighted by Gasteiger charge is 2.49. The van der Waals surface area contributed by atoms with E-state index in [9.17, 15) is 0 Å². The van der Waals surface area contributed by atoms with Crippen LogP contribution in [-0.2, 0) is 0 Å². The lowest BCUT2D eigenvalue weighted by Gasteiger charge is -2.60. The lowest BCUT2D eigenvalue weighted by molar-refractivity contribution is -0.0500. The van der Waals surface area contributed by atoms with Crippen molar-refractivity contribution in [2.24, 2.45) is 11.3 Å². The number of nitrogens with zero attached hydrogens (tertiary/aromatic N) is 2. The zero-order valence-electron chi connectivity index (χ0n) is 12.3. The summed E-state index contributed by atoms with van der Waals surface area (Å²) in [5.41, 5.74) is 0.589. The molecule has 3 heterocycles. The van der Waals surface area contributed by atoms with E-state index in [1.165, 1.54) is 70.6 Å². The summed E-state index contributed by atoms with van der Waals surface area (Å²) in [6.45, 7) is 10.5. The van der Waals surface area contributed by atoms with E-state index in [1.54, 1.807) is 0 Å². The molecule has 112 valence electrons. The Morgan fingerprint density at radius 3 is 2.70 bits per heavy atom. The molecule has 4 rings (SSSR count). The molecule has 3 unspecified atom stereocenters. The largest absolute Gasteiger partial charge is 0.357 e. The molecule has 4 aliphatic rings. The Balaban J connectivity index is 1.41. The van der Waals surface area contributed by atoms with E-state index in [0.717, 1.165) is 5.92 Å². The van der Waals surface area contributed by atoms with Crippen LogP contribution < -0.4 is 5.32 Å². The van der Waals surface area contributed by atoms with Crippen molar-refractivity contribution in [1.29, 1.82) is 0 Å². The quantitative estimate of drug-likeness (QED) is 0.788. The van der Waals surface area contributed by atoms with Crippen LogP contribution in [0.3, 0.4) is 0 Å². The van der Waals surface area contributed by atoms with Crippen molar-refractivity contribution in [2.75, 3.05) is 32.7 Å². The minimum absolute atomic E-state index is 0.415. The summed E-state index contributed by atoms with van der Waals surface area (Å²) in [7, 11) is 0. The van der Waals surface area contributed by atoms with Crippen LogP contribution in [0.2, 0.25) is 0 Å². The number of nitrogens with one attached hydrogen (secondary N) is 1. The monoisotopic (exact) mass is 295 g/mol. The van der Waals surface area contributed by atoms with Crippen LogP contribution in [0.15, 0.2) is 12.4 Å². The van der Waals surface area contributed by atoms with Gasteiger partial charge in [0.05, 0.1) is 5.82 Å². The Morgan fingerprint density at radius 2 is 2.00 bits per heavy atom. The normalized spacial score (nSPS) is 39.0. The third-order valence-corrected chi connectivity index (χ3v) is 6.40. The number of hydrogen-bond acceptors (Lipinski definition) is 3. The molecule has 1 N–H and O–H groups in total. The summed E-state index contributed by atoms with van der Waals surface area (Å²) < 4.78 is 0. The van der Waals surface area contributed by atoms with E-state index in [1.807, 2.05) is 0 Å². The van der Waals surface area contributed by atoms with E-state index in [4.69, 9.17) is 11.6 Å². The first kappa shape index (κ1) is 13.3. The molecule has 3 saturated heterocycles. The summed E-state index contributed by atoms with van der Waals surface area (Å²) in [5.74, 6) is 2.10. The second-order valence-electron chi connectivity index (χ2n) is 7.45. The van der Waals surface area contributed by atoms with E-state index in [0.29, 0.717) is 16.8 Å². The third-order valence-electron chi connectivity index (χ3n) is 6.00. The van der Waals surface area contributed by atoms with E-state index >= 15 is 0 Å². The number of alkyl halides is 1. The van der Waals surface area contributed by atoms with Crippen molar-refractivity contribution < 1.29 is 0 Å². The Labute approximate surface area is 127 Å². The molecule has 3 atom stereocenters. The molecule has 4 heteroatoms. The lowest BCUT2D eigenvalue weighted by Crippen LogP contribution is -2.71. The second-order valence-corrected chi connectivity index (χ2v) is 8.07. The van der Waals surface area contributed by atoms with Crippen molar-refractivity contribution in [3.8, 4) is 0 Å². The van der Waals surface area contributed by atoms with Gasteiger partial charge in [0.1, 0.15) is 0 Å². The average molecular weight is 296 g/mol. The van der Waals surface area contributed by atoms with Gasteiger partial charge in [0.2, 0.25) is 0 Å². The maximum atomic E-state index is 6.37. The predicted octanol–water partition coefficient (Wildman–Crippen LogP) is 2.23. The fourth-order valence-electron chi connectivity index (χ4n) is 4.75. The first-order valence-corrected chi connectivity index (χ1v) is 8.66.